The smallest absolute Gasteiger partial charge is 0.325 e. The summed E-state index contributed by atoms with van der Waals surface area (Å²) in [5, 5.41) is 12.4. The summed E-state index contributed by atoms with van der Waals surface area (Å²) < 4.78 is 28.3. The van der Waals surface area contributed by atoms with Crippen molar-refractivity contribution in [3.05, 3.63) is 12.4 Å². The fourth-order valence-electron chi connectivity index (χ4n) is 2.75. The van der Waals surface area contributed by atoms with Crippen LogP contribution in [0.3, 0.4) is 0 Å². The van der Waals surface area contributed by atoms with Gasteiger partial charge in [0.2, 0.25) is 10.0 Å². The number of hydrogen-bond acceptors (Lipinski definition) is 4. The second-order valence-corrected chi connectivity index (χ2v) is 7.29. The van der Waals surface area contributed by atoms with Crippen LogP contribution in [-0.4, -0.2) is 35.3 Å². The van der Waals surface area contributed by atoms with E-state index in [2.05, 4.69) is 9.82 Å². The molecule has 1 aliphatic carbocycles. The number of nitrogens with one attached hydrogen (secondary N) is 1. The highest BCUT2D eigenvalue weighted by Gasteiger charge is 2.26. The fourth-order valence-corrected chi connectivity index (χ4v) is 4.02. The van der Waals surface area contributed by atoms with Crippen LogP contribution in [-0.2, 0) is 21.4 Å². The molecule has 2 rings (SSSR count). The molecule has 1 aromatic heterocycles. The molecular weight excluding hydrogens is 294 g/mol. The Morgan fingerprint density at radius 3 is 2.76 bits per heavy atom. The van der Waals surface area contributed by atoms with Crippen LogP contribution in [0.25, 0.3) is 0 Å². The first-order valence-electron chi connectivity index (χ1n) is 7.15. The van der Waals surface area contributed by atoms with Gasteiger partial charge in [-0.3, -0.25) is 9.48 Å². The summed E-state index contributed by atoms with van der Waals surface area (Å²) in [6.45, 7) is 1.53. The quantitative estimate of drug-likeness (QED) is 0.822. The Labute approximate surface area is 124 Å². The van der Waals surface area contributed by atoms with Crippen LogP contribution >= 0.6 is 0 Å². The molecule has 1 aliphatic rings. The summed E-state index contributed by atoms with van der Waals surface area (Å²) >= 11 is 0. The number of carboxylic acid groups (broad SMARTS) is 1. The topological polar surface area (TPSA) is 101 Å². The van der Waals surface area contributed by atoms with Crippen molar-refractivity contribution in [3.8, 4) is 0 Å². The van der Waals surface area contributed by atoms with Gasteiger partial charge in [0.15, 0.2) is 0 Å². The minimum Gasteiger partial charge on any atom is -0.480 e. The number of carbonyl (C=O) groups is 1. The number of hydrogen-bond donors (Lipinski definition) is 2. The SMILES string of the molecule is C[C@@H](NS(=O)(=O)c1cnn(CC(=O)O)c1)C1CCCCC1. The molecule has 118 valence electrons. The number of rotatable bonds is 6. The number of sulfonamides is 1. The molecule has 1 fully saturated rings. The Morgan fingerprint density at radius 2 is 2.14 bits per heavy atom. The van der Waals surface area contributed by atoms with Crippen LogP contribution < -0.4 is 4.72 Å². The summed E-state index contributed by atoms with van der Waals surface area (Å²) in [6, 6.07) is -0.127. The third-order valence-corrected chi connectivity index (χ3v) is 5.43. The van der Waals surface area contributed by atoms with Crippen LogP contribution in [0, 0.1) is 5.92 Å². The average molecular weight is 315 g/mol. The van der Waals surface area contributed by atoms with Crippen LogP contribution in [0.5, 0.6) is 0 Å². The van der Waals surface area contributed by atoms with Gasteiger partial charge in [0.25, 0.3) is 0 Å². The van der Waals surface area contributed by atoms with Gasteiger partial charge in [-0.15, -0.1) is 0 Å². The molecule has 21 heavy (non-hydrogen) atoms. The van der Waals surface area contributed by atoms with E-state index in [1.807, 2.05) is 6.92 Å². The molecule has 7 nitrogen and oxygen atoms in total. The molecule has 0 radical (unpaired) electrons. The molecule has 1 atom stereocenters. The van der Waals surface area contributed by atoms with Crippen LogP contribution in [0.15, 0.2) is 17.3 Å². The average Bonchev–Trinajstić information content (AvgIpc) is 2.88. The Bertz CT molecular complexity index is 590. The molecular formula is C13H21N3O4S. The highest BCUT2D eigenvalue weighted by atomic mass is 32.2. The fraction of sp³-hybridized carbons (Fsp3) is 0.692. The monoisotopic (exact) mass is 315 g/mol. The molecule has 0 spiro atoms. The van der Waals surface area contributed by atoms with Crippen LogP contribution in [0.4, 0.5) is 0 Å². The first kappa shape index (κ1) is 16.0. The van der Waals surface area contributed by atoms with Gasteiger partial charge in [-0.2, -0.15) is 5.10 Å². The van der Waals surface area contributed by atoms with Gasteiger partial charge < -0.3 is 5.11 Å². The van der Waals surface area contributed by atoms with E-state index in [4.69, 9.17) is 5.11 Å². The summed E-state index contributed by atoms with van der Waals surface area (Å²) in [4.78, 5) is 10.6. The predicted octanol–water partition coefficient (Wildman–Crippen LogP) is 1.21. The Morgan fingerprint density at radius 1 is 1.48 bits per heavy atom. The molecule has 2 N–H and O–H groups in total. The molecule has 0 unspecified atom stereocenters. The lowest BCUT2D eigenvalue weighted by molar-refractivity contribution is -0.137. The van der Waals surface area contributed by atoms with E-state index >= 15 is 0 Å². The number of nitrogens with zero attached hydrogens (tertiary/aromatic N) is 2. The van der Waals surface area contributed by atoms with Crippen molar-refractivity contribution in [1.82, 2.24) is 14.5 Å². The van der Waals surface area contributed by atoms with Gasteiger partial charge in [0.05, 0.1) is 6.20 Å². The maximum absolute atomic E-state index is 12.3. The minimum atomic E-state index is -3.65. The highest BCUT2D eigenvalue weighted by molar-refractivity contribution is 7.89. The molecule has 8 heteroatoms. The summed E-state index contributed by atoms with van der Waals surface area (Å²) in [6.07, 6.45) is 8.02. The lowest BCUT2D eigenvalue weighted by Crippen LogP contribution is -2.38. The molecule has 0 amide bonds. The van der Waals surface area contributed by atoms with Crippen LogP contribution in [0.1, 0.15) is 39.0 Å². The third-order valence-electron chi connectivity index (χ3n) is 3.92. The zero-order chi connectivity index (χ0) is 15.5. The number of aromatic nitrogens is 2. The second-order valence-electron chi connectivity index (χ2n) is 5.58. The van der Waals surface area contributed by atoms with E-state index in [0.29, 0.717) is 5.92 Å². The highest BCUT2D eigenvalue weighted by Crippen LogP contribution is 2.27. The lowest BCUT2D eigenvalue weighted by atomic mass is 9.85. The van der Waals surface area contributed by atoms with E-state index in [-0.39, 0.29) is 17.5 Å². The van der Waals surface area contributed by atoms with Gasteiger partial charge >= 0.3 is 5.97 Å². The molecule has 0 bridgehead atoms. The van der Waals surface area contributed by atoms with Crippen molar-refractivity contribution < 1.29 is 18.3 Å². The third kappa shape index (κ3) is 4.28. The zero-order valence-corrected chi connectivity index (χ0v) is 12.8. The Kier molecular flexibility index (Phi) is 5.00. The number of aliphatic carboxylic acids is 1. The molecule has 1 aromatic rings. The standard InChI is InChI=1S/C13H21N3O4S/c1-10(11-5-3-2-4-6-11)15-21(19,20)12-7-14-16(8-12)9-13(17)18/h7-8,10-11,15H,2-6,9H2,1H3,(H,17,18)/t10-/m1/s1. The molecule has 1 saturated carbocycles. The first-order chi connectivity index (χ1) is 9.88. The van der Waals surface area contributed by atoms with E-state index in [1.165, 1.54) is 18.8 Å². The van der Waals surface area contributed by atoms with E-state index < -0.39 is 16.0 Å². The van der Waals surface area contributed by atoms with Crippen LogP contribution in [0.2, 0.25) is 0 Å². The second kappa shape index (κ2) is 6.57. The van der Waals surface area contributed by atoms with Gasteiger partial charge in [-0.25, -0.2) is 13.1 Å². The maximum atomic E-state index is 12.3. The van der Waals surface area contributed by atoms with Crippen molar-refractivity contribution >= 4 is 16.0 Å². The van der Waals surface area contributed by atoms with Crippen molar-refractivity contribution in [1.29, 1.82) is 0 Å². The lowest BCUT2D eigenvalue weighted by Gasteiger charge is -2.27. The minimum absolute atomic E-state index is 0.00593. The Balaban J connectivity index is 2.03. The summed E-state index contributed by atoms with van der Waals surface area (Å²) in [7, 11) is -3.65. The Hall–Kier alpha value is -1.41. The van der Waals surface area contributed by atoms with Crippen molar-refractivity contribution in [2.24, 2.45) is 5.92 Å². The molecule has 1 heterocycles. The van der Waals surface area contributed by atoms with Crippen molar-refractivity contribution in [2.75, 3.05) is 0 Å². The summed E-state index contributed by atoms with van der Waals surface area (Å²) in [5.74, 6) is -0.701. The molecule has 0 saturated heterocycles. The largest absolute Gasteiger partial charge is 0.480 e. The van der Waals surface area contributed by atoms with Gasteiger partial charge in [0.1, 0.15) is 11.4 Å². The van der Waals surface area contributed by atoms with E-state index in [9.17, 15) is 13.2 Å². The van der Waals surface area contributed by atoms with Crippen molar-refractivity contribution in [2.45, 2.75) is 56.5 Å². The summed E-state index contributed by atoms with van der Waals surface area (Å²) in [5.41, 5.74) is 0. The molecule has 0 aromatic carbocycles. The predicted molar refractivity (Wildman–Crippen MR) is 76.2 cm³/mol. The van der Waals surface area contributed by atoms with Gasteiger partial charge in [-0.05, 0) is 25.7 Å². The maximum Gasteiger partial charge on any atom is 0.325 e. The van der Waals surface area contributed by atoms with Gasteiger partial charge in [0, 0.05) is 12.2 Å². The van der Waals surface area contributed by atoms with Gasteiger partial charge in [-0.1, -0.05) is 19.3 Å². The van der Waals surface area contributed by atoms with E-state index in [1.54, 1.807) is 0 Å². The number of carboxylic acids is 1. The zero-order valence-electron chi connectivity index (χ0n) is 12.0. The normalized spacial score (nSPS) is 18.5. The molecule has 0 aliphatic heterocycles. The van der Waals surface area contributed by atoms with E-state index in [0.717, 1.165) is 30.4 Å². The van der Waals surface area contributed by atoms with Crippen molar-refractivity contribution in [3.63, 3.8) is 0 Å². The first-order valence-corrected chi connectivity index (χ1v) is 8.63.